The lowest BCUT2D eigenvalue weighted by atomic mass is 10.1. The minimum atomic E-state index is 0.0612. The monoisotopic (exact) mass is 253 g/mol. The van der Waals surface area contributed by atoms with Gasteiger partial charge in [-0.1, -0.05) is 13.3 Å². The highest BCUT2D eigenvalue weighted by Crippen LogP contribution is 2.15. The topological polar surface area (TPSA) is 67.3 Å². The van der Waals surface area contributed by atoms with Crippen molar-refractivity contribution in [2.24, 2.45) is 0 Å². The largest absolute Gasteiger partial charge is 0.394 e. The molecule has 0 aliphatic heterocycles. The molecule has 0 radical (unpaired) electrons. The van der Waals surface area contributed by atoms with Gasteiger partial charge < -0.3 is 15.2 Å². The highest BCUT2D eigenvalue weighted by Gasteiger charge is 2.10. The number of nitrogens with zero attached hydrogens (tertiary/aromatic N) is 2. The molecule has 1 unspecified atom stereocenters. The van der Waals surface area contributed by atoms with Gasteiger partial charge in [-0.2, -0.15) is 0 Å². The SMILES string of the molecule is CCCC(CO)Nc1ncncc1CCCOC. The highest BCUT2D eigenvalue weighted by molar-refractivity contribution is 5.43. The van der Waals surface area contributed by atoms with Crippen LogP contribution in [0.5, 0.6) is 0 Å². The van der Waals surface area contributed by atoms with Gasteiger partial charge in [0.15, 0.2) is 0 Å². The van der Waals surface area contributed by atoms with E-state index in [0.29, 0.717) is 0 Å². The third kappa shape index (κ3) is 4.98. The van der Waals surface area contributed by atoms with E-state index in [1.807, 2.05) is 6.20 Å². The molecule has 0 spiro atoms. The van der Waals surface area contributed by atoms with Crippen molar-refractivity contribution in [2.45, 2.75) is 38.6 Å². The third-order valence-corrected chi connectivity index (χ3v) is 2.78. The Hall–Kier alpha value is -1.20. The molecule has 1 heterocycles. The van der Waals surface area contributed by atoms with Crippen molar-refractivity contribution >= 4 is 5.82 Å². The second kappa shape index (κ2) is 8.83. The first kappa shape index (κ1) is 14.9. The molecule has 1 rings (SSSR count). The Labute approximate surface area is 109 Å². The zero-order chi connectivity index (χ0) is 13.2. The van der Waals surface area contributed by atoms with Gasteiger partial charge in [-0.25, -0.2) is 9.97 Å². The van der Waals surface area contributed by atoms with Crippen LogP contribution in [-0.4, -0.2) is 41.4 Å². The van der Waals surface area contributed by atoms with Crippen LogP contribution in [0.25, 0.3) is 0 Å². The first-order chi connectivity index (χ1) is 8.81. The Kier molecular flexibility index (Phi) is 7.29. The van der Waals surface area contributed by atoms with Crippen molar-refractivity contribution in [2.75, 3.05) is 25.6 Å². The molecule has 0 fully saturated rings. The van der Waals surface area contributed by atoms with Gasteiger partial charge in [0.05, 0.1) is 12.6 Å². The van der Waals surface area contributed by atoms with Crippen LogP contribution in [0.4, 0.5) is 5.82 Å². The van der Waals surface area contributed by atoms with Crippen molar-refractivity contribution in [3.05, 3.63) is 18.1 Å². The fourth-order valence-corrected chi connectivity index (χ4v) is 1.83. The number of hydrogen-bond acceptors (Lipinski definition) is 5. The van der Waals surface area contributed by atoms with Crippen LogP contribution < -0.4 is 5.32 Å². The standard InChI is InChI=1S/C13H23N3O2/c1-3-5-12(9-17)16-13-11(6-4-7-18-2)8-14-10-15-13/h8,10,12,17H,3-7,9H2,1-2H3,(H,14,15,16). The number of aryl methyl sites for hydroxylation is 1. The van der Waals surface area contributed by atoms with Crippen molar-refractivity contribution in [3.63, 3.8) is 0 Å². The molecule has 18 heavy (non-hydrogen) atoms. The van der Waals surface area contributed by atoms with E-state index in [1.54, 1.807) is 7.11 Å². The number of rotatable bonds is 9. The zero-order valence-electron chi connectivity index (χ0n) is 11.2. The number of anilines is 1. The quantitative estimate of drug-likeness (QED) is 0.655. The predicted molar refractivity (Wildman–Crippen MR) is 71.6 cm³/mol. The van der Waals surface area contributed by atoms with E-state index in [9.17, 15) is 5.11 Å². The molecule has 2 N–H and O–H groups in total. The molecule has 0 aromatic carbocycles. The van der Waals surface area contributed by atoms with Gasteiger partial charge in [-0.3, -0.25) is 0 Å². The van der Waals surface area contributed by atoms with E-state index in [4.69, 9.17) is 4.74 Å². The first-order valence-electron chi connectivity index (χ1n) is 6.47. The molecule has 1 aromatic rings. The van der Waals surface area contributed by atoms with Gasteiger partial charge >= 0.3 is 0 Å². The maximum absolute atomic E-state index is 9.30. The number of aromatic nitrogens is 2. The Balaban J connectivity index is 2.62. The summed E-state index contributed by atoms with van der Waals surface area (Å²) in [5.41, 5.74) is 1.07. The lowest BCUT2D eigenvalue weighted by Crippen LogP contribution is -2.24. The van der Waals surface area contributed by atoms with Crippen LogP contribution >= 0.6 is 0 Å². The van der Waals surface area contributed by atoms with Crippen LogP contribution in [0.15, 0.2) is 12.5 Å². The Morgan fingerprint density at radius 3 is 3.00 bits per heavy atom. The van der Waals surface area contributed by atoms with Gasteiger partial charge in [0.2, 0.25) is 0 Å². The van der Waals surface area contributed by atoms with E-state index < -0.39 is 0 Å². The molecule has 1 aromatic heterocycles. The minimum Gasteiger partial charge on any atom is -0.394 e. The van der Waals surface area contributed by atoms with Crippen LogP contribution in [0, 0.1) is 0 Å². The maximum atomic E-state index is 9.30. The maximum Gasteiger partial charge on any atom is 0.132 e. The summed E-state index contributed by atoms with van der Waals surface area (Å²) in [5.74, 6) is 0.827. The number of ether oxygens (including phenoxy) is 1. The van der Waals surface area contributed by atoms with Gasteiger partial charge in [-0.15, -0.1) is 0 Å². The summed E-state index contributed by atoms with van der Waals surface area (Å²) in [6.07, 6.45) is 7.13. The van der Waals surface area contributed by atoms with E-state index in [1.165, 1.54) is 6.33 Å². The Morgan fingerprint density at radius 1 is 1.50 bits per heavy atom. The van der Waals surface area contributed by atoms with Crippen LogP contribution in [0.3, 0.4) is 0 Å². The van der Waals surface area contributed by atoms with Gasteiger partial charge in [0, 0.05) is 25.5 Å². The molecular weight excluding hydrogens is 230 g/mol. The molecular formula is C13H23N3O2. The molecule has 0 bridgehead atoms. The first-order valence-corrected chi connectivity index (χ1v) is 6.47. The molecule has 0 saturated carbocycles. The average molecular weight is 253 g/mol. The molecule has 5 heteroatoms. The number of aliphatic hydroxyl groups is 1. The Morgan fingerprint density at radius 2 is 2.33 bits per heavy atom. The lowest BCUT2D eigenvalue weighted by molar-refractivity contribution is 0.195. The summed E-state index contributed by atoms with van der Waals surface area (Å²) in [4.78, 5) is 8.30. The molecule has 102 valence electrons. The van der Waals surface area contributed by atoms with Crippen molar-refractivity contribution in [3.8, 4) is 0 Å². The smallest absolute Gasteiger partial charge is 0.132 e. The van der Waals surface area contributed by atoms with Crippen LogP contribution in [0.2, 0.25) is 0 Å². The number of methoxy groups -OCH3 is 1. The second-order valence-corrected chi connectivity index (χ2v) is 4.31. The molecule has 0 aliphatic carbocycles. The fourth-order valence-electron chi connectivity index (χ4n) is 1.83. The molecule has 0 saturated heterocycles. The fraction of sp³-hybridized carbons (Fsp3) is 0.692. The summed E-state index contributed by atoms with van der Waals surface area (Å²) in [5, 5.41) is 12.6. The van der Waals surface area contributed by atoms with Gasteiger partial charge in [0.1, 0.15) is 12.1 Å². The van der Waals surface area contributed by atoms with E-state index >= 15 is 0 Å². The Bertz CT molecular complexity index is 334. The van der Waals surface area contributed by atoms with Gasteiger partial charge in [-0.05, 0) is 19.3 Å². The molecule has 1 atom stereocenters. The zero-order valence-corrected chi connectivity index (χ0v) is 11.2. The van der Waals surface area contributed by atoms with E-state index in [0.717, 1.165) is 43.7 Å². The summed E-state index contributed by atoms with van der Waals surface area (Å²) >= 11 is 0. The van der Waals surface area contributed by atoms with E-state index in [-0.39, 0.29) is 12.6 Å². The second-order valence-electron chi connectivity index (χ2n) is 4.31. The molecule has 5 nitrogen and oxygen atoms in total. The van der Waals surface area contributed by atoms with E-state index in [2.05, 4.69) is 22.2 Å². The number of aliphatic hydroxyl groups excluding tert-OH is 1. The van der Waals surface area contributed by atoms with Gasteiger partial charge in [0.25, 0.3) is 0 Å². The highest BCUT2D eigenvalue weighted by atomic mass is 16.5. The summed E-state index contributed by atoms with van der Waals surface area (Å²) in [6, 6.07) is 0.0612. The van der Waals surface area contributed by atoms with Crippen LogP contribution in [0.1, 0.15) is 31.7 Å². The summed E-state index contributed by atoms with van der Waals surface area (Å²) in [7, 11) is 1.70. The average Bonchev–Trinajstić information content (AvgIpc) is 2.40. The third-order valence-electron chi connectivity index (χ3n) is 2.78. The summed E-state index contributed by atoms with van der Waals surface area (Å²) < 4.78 is 5.04. The van der Waals surface area contributed by atoms with Crippen molar-refractivity contribution in [1.29, 1.82) is 0 Å². The molecule has 0 aliphatic rings. The number of hydrogen-bond donors (Lipinski definition) is 2. The lowest BCUT2D eigenvalue weighted by Gasteiger charge is -2.18. The predicted octanol–water partition coefficient (Wildman–Crippen LogP) is 1.63. The van der Waals surface area contributed by atoms with Crippen molar-refractivity contribution in [1.82, 2.24) is 9.97 Å². The summed E-state index contributed by atoms with van der Waals surface area (Å²) in [6.45, 7) is 2.95. The molecule has 0 amide bonds. The van der Waals surface area contributed by atoms with Crippen molar-refractivity contribution < 1.29 is 9.84 Å². The van der Waals surface area contributed by atoms with Crippen LogP contribution in [-0.2, 0) is 11.2 Å². The minimum absolute atomic E-state index is 0.0612. The normalized spacial score (nSPS) is 12.4. The number of nitrogens with one attached hydrogen (secondary N) is 1.